The van der Waals surface area contributed by atoms with E-state index in [1.807, 2.05) is 19.9 Å². The average molecular weight is 194 g/mol. The molecule has 1 aromatic rings. The fourth-order valence-corrected chi connectivity index (χ4v) is 1.06. The fraction of sp³-hybridized carbons (Fsp3) is 0.545. The highest BCUT2D eigenvalue weighted by molar-refractivity contribution is 5.43. The molecule has 14 heavy (non-hydrogen) atoms. The van der Waals surface area contributed by atoms with Gasteiger partial charge < -0.3 is 10.4 Å². The summed E-state index contributed by atoms with van der Waals surface area (Å²) in [5, 5.41) is 12.9. The molecular weight excluding hydrogens is 176 g/mol. The molecule has 1 rings (SSSR count). The second-order valence-electron chi connectivity index (χ2n) is 4.27. The van der Waals surface area contributed by atoms with E-state index >= 15 is 0 Å². The lowest BCUT2D eigenvalue weighted by Gasteiger charge is -2.27. The Bertz CT molecular complexity index is 304. The van der Waals surface area contributed by atoms with E-state index in [1.54, 1.807) is 26.2 Å². The Labute approximate surface area is 85.2 Å². The molecule has 0 fully saturated rings. The number of aromatic nitrogens is 1. The predicted molar refractivity (Wildman–Crippen MR) is 58.4 cm³/mol. The van der Waals surface area contributed by atoms with Gasteiger partial charge in [0.15, 0.2) is 0 Å². The van der Waals surface area contributed by atoms with Crippen LogP contribution in [0.4, 0.5) is 5.69 Å². The number of nitrogens with one attached hydrogen (secondary N) is 1. The Kier molecular flexibility index (Phi) is 3.11. The van der Waals surface area contributed by atoms with Gasteiger partial charge in [-0.05, 0) is 39.3 Å². The highest BCUT2D eigenvalue weighted by atomic mass is 16.3. The maximum absolute atomic E-state index is 9.73. The van der Waals surface area contributed by atoms with Crippen LogP contribution in [0.15, 0.2) is 18.5 Å². The van der Waals surface area contributed by atoms with Crippen LogP contribution < -0.4 is 5.32 Å². The minimum Gasteiger partial charge on any atom is -0.388 e. The summed E-state index contributed by atoms with van der Waals surface area (Å²) in [7, 11) is 0. The molecule has 1 unspecified atom stereocenters. The van der Waals surface area contributed by atoms with E-state index in [9.17, 15) is 5.11 Å². The fourth-order valence-electron chi connectivity index (χ4n) is 1.06. The lowest BCUT2D eigenvalue weighted by molar-refractivity contribution is 0.0649. The van der Waals surface area contributed by atoms with Crippen molar-refractivity contribution in [2.45, 2.75) is 39.3 Å². The monoisotopic (exact) mass is 194 g/mol. The molecule has 3 nitrogen and oxygen atoms in total. The van der Waals surface area contributed by atoms with Crippen LogP contribution in [-0.4, -0.2) is 21.7 Å². The SMILES string of the molecule is Cc1cncc(NC(C)C(C)(C)O)c1. The first-order valence-electron chi connectivity index (χ1n) is 4.80. The molecule has 0 spiro atoms. The van der Waals surface area contributed by atoms with Crippen LogP contribution in [0.2, 0.25) is 0 Å². The molecule has 0 aliphatic rings. The molecule has 0 aromatic carbocycles. The summed E-state index contributed by atoms with van der Waals surface area (Å²) in [5.41, 5.74) is 1.32. The van der Waals surface area contributed by atoms with Gasteiger partial charge in [-0.3, -0.25) is 4.98 Å². The maximum atomic E-state index is 9.73. The Hall–Kier alpha value is -1.09. The van der Waals surface area contributed by atoms with Gasteiger partial charge in [0.1, 0.15) is 0 Å². The van der Waals surface area contributed by atoms with Crippen LogP contribution in [0.3, 0.4) is 0 Å². The molecule has 0 saturated carbocycles. The molecule has 1 heterocycles. The quantitative estimate of drug-likeness (QED) is 0.773. The van der Waals surface area contributed by atoms with E-state index in [4.69, 9.17) is 0 Å². The molecule has 2 N–H and O–H groups in total. The Morgan fingerprint density at radius 1 is 1.43 bits per heavy atom. The topological polar surface area (TPSA) is 45.2 Å². The zero-order valence-electron chi connectivity index (χ0n) is 9.20. The van der Waals surface area contributed by atoms with E-state index in [0.717, 1.165) is 11.3 Å². The van der Waals surface area contributed by atoms with Crippen molar-refractivity contribution in [1.82, 2.24) is 4.98 Å². The molecule has 0 bridgehead atoms. The smallest absolute Gasteiger partial charge is 0.0789 e. The lowest BCUT2D eigenvalue weighted by atomic mass is 10.0. The number of hydrogen-bond donors (Lipinski definition) is 2. The number of anilines is 1. The van der Waals surface area contributed by atoms with E-state index in [1.165, 1.54) is 0 Å². The van der Waals surface area contributed by atoms with Gasteiger partial charge in [-0.1, -0.05) is 0 Å². The summed E-state index contributed by atoms with van der Waals surface area (Å²) in [4.78, 5) is 4.08. The van der Waals surface area contributed by atoms with E-state index in [2.05, 4.69) is 10.3 Å². The van der Waals surface area contributed by atoms with Crippen LogP contribution in [0.5, 0.6) is 0 Å². The van der Waals surface area contributed by atoms with E-state index < -0.39 is 5.60 Å². The number of aliphatic hydroxyl groups is 1. The van der Waals surface area contributed by atoms with Gasteiger partial charge in [-0.15, -0.1) is 0 Å². The van der Waals surface area contributed by atoms with Gasteiger partial charge in [-0.25, -0.2) is 0 Å². The van der Waals surface area contributed by atoms with Crippen molar-refractivity contribution < 1.29 is 5.11 Å². The van der Waals surface area contributed by atoms with Crippen molar-refractivity contribution in [2.75, 3.05) is 5.32 Å². The summed E-state index contributed by atoms with van der Waals surface area (Å²) < 4.78 is 0. The van der Waals surface area contributed by atoms with Gasteiger partial charge >= 0.3 is 0 Å². The van der Waals surface area contributed by atoms with Crippen molar-refractivity contribution in [3.8, 4) is 0 Å². The second kappa shape index (κ2) is 3.96. The van der Waals surface area contributed by atoms with E-state index in [-0.39, 0.29) is 6.04 Å². The molecule has 0 aliphatic carbocycles. The molecule has 1 atom stereocenters. The molecule has 0 amide bonds. The van der Waals surface area contributed by atoms with Crippen LogP contribution >= 0.6 is 0 Å². The van der Waals surface area contributed by atoms with Gasteiger partial charge in [0.2, 0.25) is 0 Å². The van der Waals surface area contributed by atoms with Crippen LogP contribution in [0, 0.1) is 6.92 Å². The predicted octanol–water partition coefficient (Wildman–Crippen LogP) is 1.96. The van der Waals surface area contributed by atoms with Crippen molar-refractivity contribution >= 4 is 5.69 Å². The number of rotatable bonds is 3. The van der Waals surface area contributed by atoms with Crippen LogP contribution in [-0.2, 0) is 0 Å². The van der Waals surface area contributed by atoms with E-state index in [0.29, 0.717) is 0 Å². The molecule has 1 aromatic heterocycles. The molecule has 0 saturated heterocycles. The van der Waals surface area contributed by atoms with Gasteiger partial charge in [-0.2, -0.15) is 0 Å². The van der Waals surface area contributed by atoms with Crippen LogP contribution in [0.1, 0.15) is 26.3 Å². The number of nitrogens with zero attached hydrogens (tertiary/aromatic N) is 1. The summed E-state index contributed by atoms with van der Waals surface area (Å²) >= 11 is 0. The number of aryl methyl sites for hydroxylation is 1. The Morgan fingerprint density at radius 2 is 2.07 bits per heavy atom. The first-order valence-corrected chi connectivity index (χ1v) is 4.80. The molecule has 0 radical (unpaired) electrons. The third kappa shape index (κ3) is 3.00. The Morgan fingerprint density at radius 3 is 2.57 bits per heavy atom. The summed E-state index contributed by atoms with van der Waals surface area (Å²) in [6.45, 7) is 7.51. The van der Waals surface area contributed by atoms with Crippen molar-refractivity contribution in [2.24, 2.45) is 0 Å². The molecule has 78 valence electrons. The molecule has 0 aliphatic heterocycles. The summed E-state index contributed by atoms with van der Waals surface area (Å²) in [5.74, 6) is 0. The third-order valence-electron chi connectivity index (χ3n) is 2.32. The average Bonchev–Trinajstić information content (AvgIpc) is 2.02. The van der Waals surface area contributed by atoms with Crippen LogP contribution in [0.25, 0.3) is 0 Å². The number of pyridine rings is 1. The number of hydrogen-bond acceptors (Lipinski definition) is 3. The largest absolute Gasteiger partial charge is 0.388 e. The molecular formula is C11H18N2O. The highest BCUT2D eigenvalue weighted by Gasteiger charge is 2.21. The second-order valence-corrected chi connectivity index (χ2v) is 4.27. The van der Waals surface area contributed by atoms with Gasteiger partial charge in [0.25, 0.3) is 0 Å². The standard InChI is InChI=1S/C11H18N2O/c1-8-5-10(7-12-6-8)13-9(2)11(3,4)14/h5-7,9,13-14H,1-4H3. The highest BCUT2D eigenvalue weighted by Crippen LogP contribution is 2.15. The summed E-state index contributed by atoms with van der Waals surface area (Å²) in [6.07, 6.45) is 3.56. The van der Waals surface area contributed by atoms with Crippen molar-refractivity contribution in [3.05, 3.63) is 24.0 Å². The zero-order chi connectivity index (χ0) is 10.8. The first-order chi connectivity index (χ1) is 6.39. The zero-order valence-corrected chi connectivity index (χ0v) is 9.20. The van der Waals surface area contributed by atoms with Gasteiger partial charge in [0.05, 0.1) is 17.3 Å². The minimum atomic E-state index is -0.732. The minimum absolute atomic E-state index is 0.00824. The van der Waals surface area contributed by atoms with Gasteiger partial charge in [0, 0.05) is 12.4 Å². The summed E-state index contributed by atoms with van der Waals surface area (Å²) in [6, 6.07) is 2.00. The lowest BCUT2D eigenvalue weighted by Crippen LogP contribution is -2.39. The normalized spacial score (nSPS) is 13.8. The van der Waals surface area contributed by atoms with Crippen molar-refractivity contribution in [3.63, 3.8) is 0 Å². The third-order valence-corrected chi connectivity index (χ3v) is 2.32. The Balaban J connectivity index is 2.70. The molecule has 3 heteroatoms. The van der Waals surface area contributed by atoms with Crippen molar-refractivity contribution in [1.29, 1.82) is 0 Å². The first kappa shape index (κ1) is 11.0. The maximum Gasteiger partial charge on any atom is 0.0789 e.